The van der Waals surface area contributed by atoms with Crippen molar-refractivity contribution in [1.82, 2.24) is 15.1 Å². The second kappa shape index (κ2) is 7.14. The highest BCUT2D eigenvalue weighted by Crippen LogP contribution is 2.55. The monoisotopic (exact) mass is 365 g/mol. The van der Waals surface area contributed by atoms with Crippen molar-refractivity contribution in [3.05, 3.63) is 52.8 Å². The van der Waals surface area contributed by atoms with Gasteiger partial charge in [-0.15, -0.1) is 0 Å². The summed E-state index contributed by atoms with van der Waals surface area (Å²) in [7, 11) is 0. The molecule has 5 atom stereocenters. The van der Waals surface area contributed by atoms with Crippen molar-refractivity contribution in [3.8, 4) is 0 Å². The van der Waals surface area contributed by atoms with Gasteiger partial charge < -0.3 is 5.32 Å². The van der Waals surface area contributed by atoms with Crippen LogP contribution in [0.5, 0.6) is 0 Å². The van der Waals surface area contributed by atoms with Gasteiger partial charge in [0.1, 0.15) is 0 Å². The highest BCUT2D eigenvalue weighted by atomic mass is 16.2. The van der Waals surface area contributed by atoms with E-state index >= 15 is 0 Å². The Bertz CT molecular complexity index is 826. The minimum absolute atomic E-state index is 0.0840. The molecule has 1 aromatic carbocycles. The summed E-state index contributed by atoms with van der Waals surface area (Å²) in [5, 5.41) is 8.02. The molecule has 0 aliphatic heterocycles. The number of carbonyl (C=O) groups is 1. The number of rotatable bonds is 5. The first-order valence-corrected chi connectivity index (χ1v) is 10.3. The van der Waals surface area contributed by atoms with Crippen molar-refractivity contribution in [3.63, 3.8) is 0 Å². The zero-order valence-electron chi connectivity index (χ0n) is 16.9. The average molecular weight is 366 g/mol. The molecule has 1 N–H and O–H groups in total. The topological polar surface area (TPSA) is 46.9 Å². The number of benzene rings is 1. The van der Waals surface area contributed by atoms with E-state index in [0.717, 1.165) is 17.3 Å². The zero-order chi connectivity index (χ0) is 19.1. The summed E-state index contributed by atoms with van der Waals surface area (Å²) in [6, 6.07) is 11.0. The first-order chi connectivity index (χ1) is 13.0. The van der Waals surface area contributed by atoms with E-state index in [1.54, 1.807) is 0 Å². The predicted molar refractivity (Wildman–Crippen MR) is 108 cm³/mol. The Hall–Kier alpha value is -2.10. The van der Waals surface area contributed by atoms with Crippen LogP contribution < -0.4 is 5.32 Å². The van der Waals surface area contributed by atoms with Gasteiger partial charge in [0.15, 0.2) is 0 Å². The van der Waals surface area contributed by atoms with Crippen LogP contribution in [-0.2, 0) is 11.3 Å². The summed E-state index contributed by atoms with van der Waals surface area (Å²) in [6.45, 7) is 8.87. The van der Waals surface area contributed by atoms with E-state index in [0.29, 0.717) is 18.4 Å². The quantitative estimate of drug-likeness (QED) is 0.865. The smallest absolute Gasteiger partial charge is 0.224 e. The molecule has 2 aliphatic carbocycles. The van der Waals surface area contributed by atoms with Crippen LogP contribution in [0.4, 0.5) is 0 Å². The second-order valence-corrected chi connectivity index (χ2v) is 8.61. The van der Waals surface area contributed by atoms with Crippen molar-refractivity contribution in [2.24, 2.45) is 17.8 Å². The molecule has 0 radical (unpaired) electrons. The molecular weight excluding hydrogens is 334 g/mol. The van der Waals surface area contributed by atoms with Crippen LogP contribution in [0.25, 0.3) is 0 Å². The van der Waals surface area contributed by atoms with Gasteiger partial charge in [0.25, 0.3) is 0 Å². The number of aryl methyl sites for hydroxylation is 1. The predicted octanol–water partition coefficient (Wildman–Crippen LogP) is 4.14. The van der Waals surface area contributed by atoms with Gasteiger partial charge in [-0.2, -0.15) is 5.10 Å². The van der Waals surface area contributed by atoms with Crippen LogP contribution in [0, 0.1) is 38.5 Å². The molecule has 1 amide bonds. The fraction of sp³-hybridized carbons (Fsp3) is 0.565. The van der Waals surface area contributed by atoms with Gasteiger partial charge in [-0.1, -0.05) is 43.7 Å². The van der Waals surface area contributed by atoms with Crippen molar-refractivity contribution < 1.29 is 4.79 Å². The van der Waals surface area contributed by atoms with E-state index in [1.807, 2.05) is 18.5 Å². The number of nitrogens with zero attached hydrogens (tertiary/aromatic N) is 2. The summed E-state index contributed by atoms with van der Waals surface area (Å²) in [5.74, 6) is 1.95. The number of hydrogen-bond donors (Lipinski definition) is 1. The van der Waals surface area contributed by atoms with Crippen molar-refractivity contribution in [2.45, 2.75) is 65.5 Å². The van der Waals surface area contributed by atoms with E-state index < -0.39 is 0 Å². The molecule has 1 heterocycles. The van der Waals surface area contributed by atoms with Gasteiger partial charge in [-0.05, 0) is 56.6 Å². The first kappa shape index (κ1) is 18.3. The molecule has 2 aliphatic rings. The first-order valence-electron chi connectivity index (χ1n) is 10.3. The lowest BCUT2D eigenvalue weighted by atomic mass is 9.59. The maximum absolute atomic E-state index is 13.0. The van der Waals surface area contributed by atoms with Crippen LogP contribution in [0.2, 0.25) is 0 Å². The highest BCUT2D eigenvalue weighted by Gasteiger charge is 2.53. The Balaban J connectivity index is 1.45. The number of hydrogen-bond acceptors (Lipinski definition) is 2. The molecule has 5 unspecified atom stereocenters. The lowest BCUT2D eigenvalue weighted by Gasteiger charge is -2.50. The highest BCUT2D eigenvalue weighted by molar-refractivity contribution is 5.79. The molecule has 1 aromatic heterocycles. The third kappa shape index (κ3) is 3.19. The lowest BCUT2D eigenvalue weighted by Crippen LogP contribution is -2.57. The number of nitrogens with one attached hydrogen (secondary N) is 1. The van der Waals surface area contributed by atoms with E-state index in [2.05, 4.69) is 54.6 Å². The van der Waals surface area contributed by atoms with E-state index in [-0.39, 0.29) is 17.9 Å². The van der Waals surface area contributed by atoms with Crippen LogP contribution in [0.3, 0.4) is 0 Å². The van der Waals surface area contributed by atoms with Gasteiger partial charge in [0, 0.05) is 17.7 Å². The van der Waals surface area contributed by atoms with Crippen LogP contribution >= 0.6 is 0 Å². The van der Waals surface area contributed by atoms with Crippen molar-refractivity contribution in [2.75, 3.05) is 0 Å². The van der Waals surface area contributed by atoms with Crippen molar-refractivity contribution in [1.29, 1.82) is 0 Å². The molecule has 0 bridgehead atoms. The fourth-order valence-electron chi connectivity index (χ4n) is 5.24. The molecule has 27 heavy (non-hydrogen) atoms. The van der Waals surface area contributed by atoms with Crippen LogP contribution in [0.1, 0.15) is 54.6 Å². The average Bonchev–Trinajstić information content (AvgIpc) is 3.17. The molecule has 0 spiro atoms. The number of fused-ring (bicyclic) bond motifs is 1. The summed E-state index contributed by atoms with van der Waals surface area (Å²) in [6.07, 6.45) is 3.85. The minimum Gasteiger partial charge on any atom is -0.352 e. The molecule has 0 saturated heterocycles. The third-order valence-electron chi connectivity index (χ3n) is 7.07. The van der Waals surface area contributed by atoms with Crippen molar-refractivity contribution >= 4 is 5.91 Å². The Morgan fingerprint density at radius 2 is 1.89 bits per heavy atom. The van der Waals surface area contributed by atoms with Gasteiger partial charge in [0.05, 0.1) is 18.2 Å². The fourth-order valence-corrected chi connectivity index (χ4v) is 5.24. The summed E-state index contributed by atoms with van der Waals surface area (Å²) in [4.78, 5) is 13.0. The zero-order valence-corrected chi connectivity index (χ0v) is 16.9. The third-order valence-corrected chi connectivity index (χ3v) is 7.07. The molecule has 4 nitrogen and oxygen atoms in total. The Kier molecular flexibility index (Phi) is 4.83. The van der Waals surface area contributed by atoms with Gasteiger partial charge in [-0.25, -0.2) is 0 Å². The Labute approximate surface area is 162 Å². The molecule has 2 saturated carbocycles. The minimum atomic E-state index is -0.0840. The lowest BCUT2D eigenvalue weighted by molar-refractivity contribution is -0.127. The number of amides is 1. The number of aromatic nitrogens is 2. The SMILES string of the molecule is Cc1nn(CC(C)C(=O)NC2C3CCCC3C2c2ccccc2)c(C)c1C. The number of carbonyl (C=O) groups excluding carboxylic acids is 1. The van der Waals surface area contributed by atoms with E-state index in [1.165, 1.54) is 30.4 Å². The summed E-state index contributed by atoms with van der Waals surface area (Å²) >= 11 is 0. The van der Waals surface area contributed by atoms with Gasteiger partial charge >= 0.3 is 0 Å². The standard InChI is InChI=1S/C23H31N3O/c1-14(13-26-17(4)15(2)16(3)25-26)23(27)24-22-20-12-8-11-19(20)21(22)18-9-6-5-7-10-18/h5-7,9-10,14,19-22H,8,11-13H2,1-4H3,(H,24,27). The molecule has 144 valence electrons. The molecule has 2 aromatic rings. The summed E-state index contributed by atoms with van der Waals surface area (Å²) in [5.41, 5.74) is 4.82. The maximum Gasteiger partial charge on any atom is 0.224 e. The maximum atomic E-state index is 13.0. The second-order valence-electron chi connectivity index (χ2n) is 8.61. The van der Waals surface area contributed by atoms with Gasteiger partial charge in [-0.3, -0.25) is 9.48 Å². The van der Waals surface area contributed by atoms with Crippen LogP contribution in [-0.4, -0.2) is 21.7 Å². The van der Waals surface area contributed by atoms with Gasteiger partial charge in [0.2, 0.25) is 5.91 Å². The normalized spacial score (nSPS) is 27.7. The molecular formula is C23H31N3O. The van der Waals surface area contributed by atoms with E-state index in [4.69, 9.17) is 0 Å². The largest absolute Gasteiger partial charge is 0.352 e. The van der Waals surface area contributed by atoms with Crippen LogP contribution in [0.15, 0.2) is 30.3 Å². The van der Waals surface area contributed by atoms with E-state index in [9.17, 15) is 4.79 Å². The Morgan fingerprint density at radius 1 is 1.19 bits per heavy atom. The Morgan fingerprint density at radius 3 is 2.56 bits per heavy atom. The summed E-state index contributed by atoms with van der Waals surface area (Å²) < 4.78 is 1.99. The molecule has 2 fully saturated rings. The molecule has 4 rings (SSSR count). The molecule has 4 heteroatoms.